The monoisotopic (exact) mass is 340 g/mol. The average Bonchev–Trinajstić information content (AvgIpc) is 2.60. The maximum absolute atomic E-state index is 6.25. The third-order valence-electron chi connectivity index (χ3n) is 6.37. The van der Waals surface area contributed by atoms with Gasteiger partial charge < -0.3 is 14.8 Å². The zero-order valence-electron chi connectivity index (χ0n) is 16.6. The van der Waals surface area contributed by atoms with Crippen molar-refractivity contribution in [2.75, 3.05) is 33.3 Å². The Labute approximate surface area is 149 Å². The first kappa shape index (κ1) is 20.2. The Morgan fingerprint density at radius 1 is 0.875 bits per heavy atom. The molecule has 0 aromatic heterocycles. The molecule has 0 aromatic rings. The lowest BCUT2D eigenvalue weighted by atomic mass is 9.78. The van der Waals surface area contributed by atoms with Gasteiger partial charge in [0.25, 0.3) is 0 Å². The molecule has 1 aliphatic carbocycles. The molecule has 4 heteroatoms. The van der Waals surface area contributed by atoms with E-state index in [1.165, 1.54) is 51.9 Å². The minimum absolute atomic E-state index is 0.338. The highest BCUT2D eigenvalue weighted by atomic mass is 16.5. The van der Waals surface area contributed by atoms with E-state index in [0.29, 0.717) is 23.9 Å². The molecule has 4 nitrogen and oxygen atoms in total. The topological polar surface area (TPSA) is 33.7 Å². The first-order valence-electron chi connectivity index (χ1n) is 10.2. The standard InChI is InChI=1S/C18H34N2O2.C2H6/c1-18(2,14-4-8-19-9-5-14)20-10-6-15(7-11-20)22-17-12-16(13-17)21-3;1-2/h14-17,19H,4-13H2,1-3H3;1-2H3. The fraction of sp³-hybridized carbons (Fsp3) is 1.00. The summed E-state index contributed by atoms with van der Waals surface area (Å²) in [5.74, 6) is 0.834. The zero-order chi connectivity index (χ0) is 17.6. The highest BCUT2D eigenvalue weighted by Crippen LogP contribution is 2.35. The van der Waals surface area contributed by atoms with Crippen LogP contribution in [-0.2, 0) is 9.47 Å². The van der Waals surface area contributed by atoms with Gasteiger partial charge >= 0.3 is 0 Å². The predicted octanol–water partition coefficient (Wildman–Crippen LogP) is 3.45. The van der Waals surface area contributed by atoms with Crippen molar-refractivity contribution in [2.24, 2.45) is 5.92 Å². The Morgan fingerprint density at radius 3 is 2.00 bits per heavy atom. The largest absolute Gasteiger partial charge is 0.381 e. The number of hydrogen-bond donors (Lipinski definition) is 1. The smallest absolute Gasteiger partial charge is 0.0628 e. The van der Waals surface area contributed by atoms with Crippen LogP contribution in [0.2, 0.25) is 0 Å². The summed E-state index contributed by atoms with van der Waals surface area (Å²) < 4.78 is 11.6. The van der Waals surface area contributed by atoms with E-state index in [9.17, 15) is 0 Å². The Morgan fingerprint density at radius 2 is 1.46 bits per heavy atom. The third kappa shape index (κ3) is 4.94. The van der Waals surface area contributed by atoms with Crippen LogP contribution in [0.5, 0.6) is 0 Å². The number of methoxy groups -OCH3 is 1. The predicted molar refractivity (Wildman–Crippen MR) is 101 cm³/mol. The average molecular weight is 341 g/mol. The minimum Gasteiger partial charge on any atom is -0.381 e. The molecule has 3 rings (SSSR count). The van der Waals surface area contributed by atoms with Crippen LogP contribution < -0.4 is 5.32 Å². The second kappa shape index (κ2) is 9.51. The van der Waals surface area contributed by atoms with E-state index in [-0.39, 0.29) is 0 Å². The number of rotatable bonds is 5. The van der Waals surface area contributed by atoms with E-state index in [0.717, 1.165) is 18.8 Å². The van der Waals surface area contributed by atoms with Gasteiger partial charge in [-0.1, -0.05) is 13.8 Å². The summed E-state index contributed by atoms with van der Waals surface area (Å²) in [6, 6.07) is 0. The van der Waals surface area contributed by atoms with E-state index < -0.39 is 0 Å². The molecule has 0 atom stereocenters. The third-order valence-corrected chi connectivity index (χ3v) is 6.37. The van der Waals surface area contributed by atoms with Gasteiger partial charge in [0.1, 0.15) is 0 Å². The molecule has 0 amide bonds. The number of hydrogen-bond acceptors (Lipinski definition) is 4. The maximum atomic E-state index is 6.25. The van der Waals surface area contributed by atoms with E-state index in [1.807, 2.05) is 21.0 Å². The first-order valence-corrected chi connectivity index (χ1v) is 10.2. The SMILES string of the molecule is CC.COC1CC(OC2CCN(C(C)(C)C3CCNCC3)CC2)C1. The first-order chi connectivity index (χ1) is 11.6. The van der Waals surface area contributed by atoms with E-state index in [4.69, 9.17) is 9.47 Å². The van der Waals surface area contributed by atoms with Gasteiger partial charge in [-0.25, -0.2) is 0 Å². The summed E-state index contributed by atoms with van der Waals surface area (Å²) in [6.45, 7) is 13.7. The Hall–Kier alpha value is -0.160. The summed E-state index contributed by atoms with van der Waals surface area (Å²) in [5.41, 5.74) is 0.338. The molecule has 2 saturated heterocycles. The zero-order valence-corrected chi connectivity index (χ0v) is 16.6. The van der Waals surface area contributed by atoms with Crippen molar-refractivity contribution < 1.29 is 9.47 Å². The second-order valence-electron chi connectivity index (χ2n) is 7.95. The van der Waals surface area contributed by atoms with Crippen molar-refractivity contribution in [3.63, 3.8) is 0 Å². The van der Waals surface area contributed by atoms with Gasteiger partial charge in [0.2, 0.25) is 0 Å². The molecule has 0 spiro atoms. The summed E-state index contributed by atoms with van der Waals surface area (Å²) in [7, 11) is 1.81. The van der Waals surface area contributed by atoms with Crippen molar-refractivity contribution in [3.05, 3.63) is 0 Å². The lowest BCUT2D eigenvalue weighted by molar-refractivity contribution is -0.131. The van der Waals surface area contributed by atoms with Crippen LogP contribution in [-0.4, -0.2) is 62.0 Å². The number of likely N-dealkylation sites (tertiary alicyclic amines) is 1. The molecule has 1 N–H and O–H groups in total. The summed E-state index contributed by atoms with van der Waals surface area (Å²) in [6.07, 6.45) is 8.61. The highest BCUT2D eigenvalue weighted by molar-refractivity contribution is 4.93. The van der Waals surface area contributed by atoms with Gasteiger partial charge in [-0.15, -0.1) is 0 Å². The fourth-order valence-electron chi connectivity index (χ4n) is 4.45. The Balaban J connectivity index is 0.00000100. The lowest BCUT2D eigenvalue weighted by Crippen LogP contribution is -2.55. The Bertz CT molecular complexity index is 342. The van der Waals surface area contributed by atoms with Crippen molar-refractivity contribution in [3.8, 4) is 0 Å². The molecule has 2 heterocycles. The molecule has 0 aromatic carbocycles. The van der Waals surface area contributed by atoms with Gasteiger partial charge in [0.05, 0.1) is 18.3 Å². The summed E-state index contributed by atoms with van der Waals surface area (Å²) in [4.78, 5) is 2.72. The molecular formula is C20H40N2O2. The molecule has 24 heavy (non-hydrogen) atoms. The van der Waals surface area contributed by atoms with E-state index in [1.54, 1.807) is 0 Å². The van der Waals surface area contributed by atoms with Gasteiger partial charge in [-0.3, -0.25) is 4.90 Å². The van der Waals surface area contributed by atoms with Crippen LogP contribution in [0.3, 0.4) is 0 Å². The van der Waals surface area contributed by atoms with Crippen LogP contribution in [0.1, 0.15) is 66.2 Å². The highest BCUT2D eigenvalue weighted by Gasteiger charge is 2.39. The molecule has 0 radical (unpaired) electrons. The van der Waals surface area contributed by atoms with E-state index >= 15 is 0 Å². The molecule has 3 aliphatic rings. The van der Waals surface area contributed by atoms with Crippen molar-refractivity contribution in [2.45, 2.75) is 90.1 Å². The van der Waals surface area contributed by atoms with Gasteiger partial charge in [0.15, 0.2) is 0 Å². The molecule has 142 valence electrons. The fourth-order valence-corrected chi connectivity index (χ4v) is 4.45. The quantitative estimate of drug-likeness (QED) is 0.831. The van der Waals surface area contributed by atoms with Crippen LogP contribution in [0.15, 0.2) is 0 Å². The molecule has 0 bridgehead atoms. The summed E-state index contributed by atoms with van der Waals surface area (Å²) >= 11 is 0. The van der Waals surface area contributed by atoms with Crippen molar-refractivity contribution in [1.29, 1.82) is 0 Å². The van der Waals surface area contributed by atoms with Crippen LogP contribution in [0, 0.1) is 5.92 Å². The summed E-state index contributed by atoms with van der Waals surface area (Å²) in [5, 5.41) is 3.49. The van der Waals surface area contributed by atoms with Gasteiger partial charge in [-0.05, 0) is 71.4 Å². The molecule has 1 saturated carbocycles. The lowest BCUT2D eigenvalue weighted by Gasteiger charge is -2.49. The molecule has 2 aliphatic heterocycles. The van der Waals surface area contributed by atoms with Crippen LogP contribution in [0.25, 0.3) is 0 Å². The molecule has 0 unspecified atom stereocenters. The second-order valence-corrected chi connectivity index (χ2v) is 7.95. The molecule has 3 fully saturated rings. The number of piperidine rings is 2. The Kier molecular flexibility index (Phi) is 7.99. The normalized spacial score (nSPS) is 30.4. The van der Waals surface area contributed by atoms with Crippen molar-refractivity contribution in [1.82, 2.24) is 10.2 Å². The number of nitrogens with one attached hydrogen (secondary N) is 1. The van der Waals surface area contributed by atoms with Crippen LogP contribution >= 0.6 is 0 Å². The van der Waals surface area contributed by atoms with Gasteiger partial charge in [0, 0.05) is 25.7 Å². The molecular weight excluding hydrogens is 300 g/mol. The minimum atomic E-state index is 0.338. The van der Waals surface area contributed by atoms with Gasteiger partial charge in [-0.2, -0.15) is 0 Å². The number of nitrogens with zero attached hydrogens (tertiary/aromatic N) is 1. The maximum Gasteiger partial charge on any atom is 0.0628 e. The number of ether oxygens (including phenoxy) is 2. The van der Waals surface area contributed by atoms with Crippen molar-refractivity contribution >= 4 is 0 Å². The van der Waals surface area contributed by atoms with E-state index in [2.05, 4.69) is 24.1 Å². The van der Waals surface area contributed by atoms with Crippen LogP contribution in [0.4, 0.5) is 0 Å².